The summed E-state index contributed by atoms with van der Waals surface area (Å²) in [7, 11) is 0. The summed E-state index contributed by atoms with van der Waals surface area (Å²) in [5, 5.41) is 0.788. The molecule has 29 heavy (non-hydrogen) atoms. The van der Waals surface area contributed by atoms with Gasteiger partial charge in [0.05, 0.1) is 27.8 Å². The molecule has 0 saturated carbocycles. The molecule has 0 aromatic heterocycles. The molecule has 1 aliphatic rings. The van der Waals surface area contributed by atoms with Gasteiger partial charge in [0.2, 0.25) is 0 Å². The molecule has 1 amide bonds. The molecule has 0 fully saturated rings. The zero-order valence-electron chi connectivity index (χ0n) is 16.7. The first-order valence-corrected chi connectivity index (χ1v) is 9.97. The van der Waals surface area contributed by atoms with Crippen molar-refractivity contribution in [3.8, 4) is 0 Å². The highest BCUT2D eigenvalue weighted by Crippen LogP contribution is 2.36. The van der Waals surface area contributed by atoms with Crippen molar-refractivity contribution in [1.82, 2.24) is 0 Å². The fourth-order valence-electron chi connectivity index (χ4n) is 3.23. The van der Waals surface area contributed by atoms with Crippen molar-refractivity contribution in [3.05, 3.63) is 80.0 Å². The van der Waals surface area contributed by atoms with E-state index in [9.17, 15) is 9.59 Å². The first-order valence-electron chi connectivity index (χ1n) is 9.21. The van der Waals surface area contributed by atoms with Crippen LogP contribution in [0, 0.1) is 13.8 Å². The SMILES string of the molecule is CCOC(=O)C1=C(C)N(c2ccc(C)c(C)c2)C(=O)/C1=C/c1ccc(Cl)c(Cl)c1. The molecule has 0 saturated heterocycles. The smallest absolute Gasteiger partial charge is 0.340 e. The number of hydrogen-bond donors (Lipinski definition) is 0. The van der Waals surface area contributed by atoms with Gasteiger partial charge in [-0.2, -0.15) is 0 Å². The second-order valence-electron chi connectivity index (χ2n) is 6.82. The van der Waals surface area contributed by atoms with Crippen molar-refractivity contribution < 1.29 is 14.3 Å². The normalized spacial score (nSPS) is 15.4. The lowest BCUT2D eigenvalue weighted by molar-refractivity contribution is -0.138. The average Bonchev–Trinajstić information content (AvgIpc) is 2.91. The Bertz CT molecular complexity index is 1070. The molecule has 3 rings (SSSR count). The molecule has 0 aliphatic carbocycles. The summed E-state index contributed by atoms with van der Waals surface area (Å²) >= 11 is 12.1. The van der Waals surface area contributed by atoms with Crippen molar-refractivity contribution in [2.24, 2.45) is 0 Å². The van der Waals surface area contributed by atoms with Crippen LogP contribution < -0.4 is 4.90 Å². The molecule has 1 heterocycles. The first kappa shape index (κ1) is 21.2. The number of rotatable bonds is 4. The van der Waals surface area contributed by atoms with E-state index in [1.54, 1.807) is 43.0 Å². The van der Waals surface area contributed by atoms with Crippen LogP contribution in [0.2, 0.25) is 10.0 Å². The summed E-state index contributed by atoms with van der Waals surface area (Å²) in [5.41, 5.74) is 4.60. The van der Waals surface area contributed by atoms with Gasteiger partial charge in [-0.1, -0.05) is 35.3 Å². The third kappa shape index (κ3) is 4.09. The van der Waals surface area contributed by atoms with Gasteiger partial charge in [-0.25, -0.2) is 4.79 Å². The number of aryl methyl sites for hydroxylation is 2. The maximum Gasteiger partial charge on any atom is 0.340 e. The Balaban J connectivity index is 2.15. The summed E-state index contributed by atoms with van der Waals surface area (Å²) in [6.07, 6.45) is 1.64. The summed E-state index contributed by atoms with van der Waals surface area (Å²) in [5.74, 6) is -0.823. The number of hydrogen-bond acceptors (Lipinski definition) is 3. The summed E-state index contributed by atoms with van der Waals surface area (Å²) in [6.45, 7) is 7.68. The monoisotopic (exact) mass is 429 g/mol. The van der Waals surface area contributed by atoms with Crippen LogP contribution in [-0.4, -0.2) is 18.5 Å². The molecule has 0 spiro atoms. The van der Waals surface area contributed by atoms with Gasteiger partial charge >= 0.3 is 5.97 Å². The zero-order chi connectivity index (χ0) is 21.3. The molecular formula is C23H21Cl2NO3. The topological polar surface area (TPSA) is 46.6 Å². The maximum atomic E-state index is 13.3. The Kier molecular flexibility index (Phi) is 6.15. The Morgan fingerprint density at radius 1 is 1.03 bits per heavy atom. The van der Waals surface area contributed by atoms with Crippen molar-refractivity contribution in [2.45, 2.75) is 27.7 Å². The minimum absolute atomic E-state index is 0.216. The molecule has 2 aromatic carbocycles. The van der Waals surface area contributed by atoms with Crippen LogP contribution in [0.5, 0.6) is 0 Å². The van der Waals surface area contributed by atoms with E-state index in [1.165, 1.54) is 0 Å². The van der Waals surface area contributed by atoms with E-state index in [4.69, 9.17) is 27.9 Å². The quantitative estimate of drug-likeness (QED) is 0.450. The van der Waals surface area contributed by atoms with E-state index in [0.29, 0.717) is 27.0 Å². The van der Waals surface area contributed by atoms with Gasteiger partial charge in [-0.3, -0.25) is 9.69 Å². The van der Waals surface area contributed by atoms with Gasteiger partial charge in [0, 0.05) is 11.4 Å². The van der Waals surface area contributed by atoms with E-state index in [1.807, 2.05) is 32.0 Å². The van der Waals surface area contributed by atoms with Gasteiger partial charge in [0.1, 0.15) is 0 Å². The van der Waals surface area contributed by atoms with Crippen LogP contribution in [0.3, 0.4) is 0 Å². The molecular weight excluding hydrogens is 409 g/mol. The van der Waals surface area contributed by atoms with Crippen molar-refractivity contribution in [3.63, 3.8) is 0 Å². The molecule has 6 heteroatoms. The van der Waals surface area contributed by atoms with Gasteiger partial charge in [-0.05, 0) is 74.7 Å². The Morgan fingerprint density at radius 2 is 1.76 bits per heavy atom. The van der Waals surface area contributed by atoms with Gasteiger partial charge in [0.15, 0.2) is 0 Å². The number of ether oxygens (including phenoxy) is 1. The van der Waals surface area contributed by atoms with Gasteiger partial charge < -0.3 is 4.74 Å². The van der Waals surface area contributed by atoms with Crippen LogP contribution in [0.1, 0.15) is 30.5 Å². The summed E-state index contributed by atoms with van der Waals surface area (Å²) in [4.78, 5) is 27.6. The second kappa shape index (κ2) is 8.44. The fraction of sp³-hybridized carbons (Fsp3) is 0.217. The molecule has 150 valence electrons. The van der Waals surface area contributed by atoms with Crippen molar-refractivity contribution in [1.29, 1.82) is 0 Å². The van der Waals surface area contributed by atoms with Crippen molar-refractivity contribution in [2.75, 3.05) is 11.5 Å². The molecule has 0 radical (unpaired) electrons. The van der Waals surface area contributed by atoms with Gasteiger partial charge in [-0.15, -0.1) is 0 Å². The number of amides is 1. The third-order valence-electron chi connectivity index (χ3n) is 4.88. The number of anilines is 1. The van der Waals surface area contributed by atoms with Crippen LogP contribution in [-0.2, 0) is 14.3 Å². The van der Waals surface area contributed by atoms with Crippen molar-refractivity contribution >= 4 is 46.8 Å². The third-order valence-corrected chi connectivity index (χ3v) is 5.62. The van der Waals surface area contributed by atoms with Crippen LogP contribution in [0.25, 0.3) is 6.08 Å². The van der Waals surface area contributed by atoms with Crippen LogP contribution in [0.15, 0.2) is 53.2 Å². The zero-order valence-corrected chi connectivity index (χ0v) is 18.2. The number of halogens is 2. The number of allylic oxidation sites excluding steroid dienone is 1. The number of carbonyl (C=O) groups excluding carboxylic acids is 2. The Labute approximate surface area is 180 Å². The average molecular weight is 430 g/mol. The largest absolute Gasteiger partial charge is 0.462 e. The first-order chi connectivity index (χ1) is 13.7. The fourth-order valence-corrected chi connectivity index (χ4v) is 3.53. The lowest BCUT2D eigenvalue weighted by Crippen LogP contribution is -2.24. The molecule has 0 atom stereocenters. The molecule has 0 bridgehead atoms. The molecule has 1 aliphatic heterocycles. The van der Waals surface area contributed by atoms with Crippen LogP contribution in [0.4, 0.5) is 5.69 Å². The Morgan fingerprint density at radius 3 is 2.38 bits per heavy atom. The van der Waals surface area contributed by atoms with E-state index in [2.05, 4.69) is 0 Å². The summed E-state index contributed by atoms with van der Waals surface area (Å²) in [6, 6.07) is 10.8. The maximum absolute atomic E-state index is 13.3. The lowest BCUT2D eigenvalue weighted by Gasteiger charge is -2.19. The second-order valence-corrected chi connectivity index (χ2v) is 7.64. The molecule has 0 N–H and O–H groups in total. The van der Waals surface area contributed by atoms with E-state index < -0.39 is 5.97 Å². The molecule has 2 aromatic rings. The molecule has 0 unspecified atom stereocenters. The predicted octanol–water partition coefficient (Wildman–Crippen LogP) is 5.88. The lowest BCUT2D eigenvalue weighted by atomic mass is 10.0. The van der Waals surface area contributed by atoms with E-state index in [0.717, 1.165) is 11.1 Å². The number of esters is 1. The summed E-state index contributed by atoms with van der Waals surface area (Å²) < 4.78 is 5.22. The predicted molar refractivity (Wildman–Crippen MR) is 117 cm³/mol. The van der Waals surface area contributed by atoms with Gasteiger partial charge in [0.25, 0.3) is 5.91 Å². The minimum Gasteiger partial charge on any atom is -0.462 e. The number of benzene rings is 2. The van der Waals surface area contributed by atoms with E-state index in [-0.39, 0.29) is 23.7 Å². The molecule has 4 nitrogen and oxygen atoms in total. The standard InChI is InChI=1S/C23H21Cl2NO3/c1-5-29-23(28)21-15(4)26(17-8-6-13(2)14(3)10-17)22(27)18(21)11-16-7-9-19(24)20(25)12-16/h6-12H,5H2,1-4H3/b18-11+. The van der Waals surface area contributed by atoms with Crippen LogP contribution >= 0.6 is 23.2 Å². The van der Waals surface area contributed by atoms with E-state index >= 15 is 0 Å². The minimum atomic E-state index is -0.531. The highest BCUT2D eigenvalue weighted by Gasteiger charge is 2.38. The highest BCUT2D eigenvalue weighted by atomic mass is 35.5. The Hall–Kier alpha value is -2.56. The number of nitrogens with zero attached hydrogens (tertiary/aromatic N) is 1. The number of carbonyl (C=O) groups is 2. The highest BCUT2D eigenvalue weighted by molar-refractivity contribution is 6.42.